The molecular weight excluding hydrogens is 282 g/mol. The predicted molar refractivity (Wildman–Crippen MR) is 84.3 cm³/mol. The van der Waals surface area contributed by atoms with Crippen LogP contribution < -0.4 is 4.74 Å². The number of phenolic OH excluding ortho intramolecular Hbond substituents is 1. The van der Waals surface area contributed by atoms with Crippen molar-refractivity contribution in [2.24, 2.45) is 4.99 Å². The van der Waals surface area contributed by atoms with Crippen LogP contribution in [-0.4, -0.2) is 31.0 Å². The van der Waals surface area contributed by atoms with Crippen molar-refractivity contribution in [3.8, 4) is 11.5 Å². The van der Waals surface area contributed by atoms with E-state index in [0.29, 0.717) is 23.6 Å². The van der Waals surface area contributed by atoms with Crippen molar-refractivity contribution in [3.05, 3.63) is 53.6 Å². The average molecular weight is 299 g/mol. The number of phenols is 1. The summed E-state index contributed by atoms with van der Waals surface area (Å²) in [6, 6.07) is 11.8. The van der Waals surface area contributed by atoms with E-state index in [2.05, 4.69) is 4.99 Å². The molecule has 0 aliphatic rings. The van der Waals surface area contributed by atoms with Gasteiger partial charge in [0.05, 0.1) is 25.0 Å². The zero-order valence-corrected chi connectivity index (χ0v) is 12.4. The van der Waals surface area contributed by atoms with Gasteiger partial charge in [0.25, 0.3) is 0 Å². The molecule has 5 nitrogen and oxygen atoms in total. The number of aromatic hydroxyl groups is 1. The molecule has 2 rings (SSSR count). The first-order chi connectivity index (χ1) is 10.6. The number of hydrogen-bond acceptors (Lipinski definition) is 5. The average Bonchev–Trinajstić information content (AvgIpc) is 2.55. The third-order valence-electron chi connectivity index (χ3n) is 2.94. The molecule has 114 valence electrons. The number of rotatable bonds is 5. The highest BCUT2D eigenvalue weighted by molar-refractivity contribution is 5.90. The highest BCUT2D eigenvalue weighted by Crippen LogP contribution is 2.25. The quantitative estimate of drug-likeness (QED) is 0.679. The molecule has 0 aliphatic carbocycles. The second-order valence-corrected chi connectivity index (χ2v) is 4.46. The molecular formula is C17H17NO4. The van der Waals surface area contributed by atoms with Gasteiger partial charge >= 0.3 is 5.97 Å². The molecule has 0 fully saturated rings. The van der Waals surface area contributed by atoms with Gasteiger partial charge in [0.15, 0.2) is 11.5 Å². The van der Waals surface area contributed by atoms with Crippen LogP contribution >= 0.6 is 0 Å². The fourth-order valence-electron chi connectivity index (χ4n) is 1.82. The van der Waals surface area contributed by atoms with Crippen LogP contribution in [0, 0.1) is 0 Å². The van der Waals surface area contributed by atoms with Gasteiger partial charge in [0.1, 0.15) is 0 Å². The lowest BCUT2D eigenvalue weighted by atomic mass is 10.2. The van der Waals surface area contributed by atoms with E-state index in [1.165, 1.54) is 7.11 Å². The smallest absolute Gasteiger partial charge is 0.338 e. The summed E-state index contributed by atoms with van der Waals surface area (Å²) in [7, 11) is 1.49. The number of ether oxygens (including phenoxy) is 2. The molecule has 0 aliphatic heterocycles. The Morgan fingerprint density at radius 3 is 2.59 bits per heavy atom. The molecule has 2 aromatic rings. The van der Waals surface area contributed by atoms with E-state index in [-0.39, 0.29) is 11.7 Å². The lowest BCUT2D eigenvalue weighted by Crippen LogP contribution is -2.03. The van der Waals surface area contributed by atoms with E-state index >= 15 is 0 Å². The summed E-state index contributed by atoms with van der Waals surface area (Å²) in [6.07, 6.45) is 1.65. The van der Waals surface area contributed by atoms with Crippen LogP contribution in [0.4, 0.5) is 5.69 Å². The minimum absolute atomic E-state index is 0.0819. The maximum Gasteiger partial charge on any atom is 0.338 e. The molecule has 22 heavy (non-hydrogen) atoms. The van der Waals surface area contributed by atoms with Crippen molar-refractivity contribution in [2.45, 2.75) is 6.92 Å². The van der Waals surface area contributed by atoms with Gasteiger partial charge in [0.2, 0.25) is 0 Å². The normalized spacial score (nSPS) is 10.6. The summed E-state index contributed by atoms with van der Waals surface area (Å²) in [5.41, 5.74) is 2.00. The summed E-state index contributed by atoms with van der Waals surface area (Å²) < 4.78 is 9.96. The predicted octanol–water partition coefficient (Wildman–Crippen LogP) is 3.33. The van der Waals surface area contributed by atoms with Gasteiger partial charge in [-0.2, -0.15) is 0 Å². The van der Waals surface area contributed by atoms with E-state index in [1.54, 1.807) is 55.6 Å². The third kappa shape index (κ3) is 3.85. The van der Waals surface area contributed by atoms with E-state index in [1.807, 2.05) is 0 Å². The lowest BCUT2D eigenvalue weighted by Gasteiger charge is -2.03. The maximum absolute atomic E-state index is 11.5. The first-order valence-electron chi connectivity index (χ1n) is 6.82. The summed E-state index contributed by atoms with van der Waals surface area (Å²) in [5, 5.41) is 9.53. The zero-order valence-electron chi connectivity index (χ0n) is 12.4. The number of hydrogen-bond donors (Lipinski definition) is 1. The number of methoxy groups -OCH3 is 1. The Balaban J connectivity index is 2.11. The zero-order chi connectivity index (χ0) is 15.9. The SMILES string of the molecule is CCOC(=O)c1ccc(/N=C/c2ccc(O)c(OC)c2)cc1. The first kappa shape index (κ1) is 15.6. The van der Waals surface area contributed by atoms with Crippen LogP contribution in [0.15, 0.2) is 47.5 Å². The molecule has 0 bridgehead atoms. The Labute approximate surface area is 128 Å². The molecule has 0 amide bonds. The molecule has 0 spiro atoms. The second kappa shape index (κ2) is 7.26. The lowest BCUT2D eigenvalue weighted by molar-refractivity contribution is 0.0526. The fraction of sp³-hybridized carbons (Fsp3) is 0.176. The third-order valence-corrected chi connectivity index (χ3v) is 2.94. The highest BCUT2D eigenvalue weighted by atomic mass is 16.5. The Bertz CT molecular complexity index is 678. The van der Waals surface area contributed by atoms with Gasteiger partial charge in [-0.15, -0.1) is 0 Å². The molecule has 0 atom stereocenters. The molecule has 0 unspecified atom stereocenters. The molecule has 0 heterocycles. The highest BCUT2D eigenvalue weighted by Gasteiger charge is 2.05. The number of carbonyl (C=O) groups excluding carboxylic acids is 1. The number of carbonyl (C=O) groups is 1. The molecule has 5 heteroatoms. The Hall–Kier alpha value is -2.82. The Kier molecular flexibility index (Phi) is 5.14. The molecule has 1 N–H and O–H groups in total. The fourth-order valence-corrected chi connectivity index (χ4v) is 1.82. The van der Waals surface area contributed by atoms with Gasteiger partial charge in [-0.1, -0.05) is 0 Å². The van der Waals surface area contributed by atoms with Crippen LogP contribution in [0.25, 0.3) is 0 Å². The molecule has 0 saturated carbocycles. The number of benzene rings is 2. The van der Waals surface area contributed by atoms with Crippen LogP contribution in [0.5, 0.6) is 11.5 Å². The number of nitrogens with zero attached hydrogens (tertiary/aromatic N) is 1. The standard InChI is InChI=1S/C17H17NO4/c1-3-22-17(20)13-5-7-14(8-6-13)18-11-12-4-9-15(19)16(10-12)21-2/h4-11,19H,3H2,1-2H3/b18-11+. The second-order valence-electron chi connectivity index (χ2n) is 4.46. The van der Waals surface area contributed by atoms with E-state index in [9.17, 15) is 9.90 Å². The van der Waals surface area contributed by atoms with Crippen LogP contribution in [0.2, 0.25) is 0 Å². The van der Waals surface area contributed by atoms with Gasteiger partial charge in [-0.3, -0.25) is 4.99 Å². The van der Waals surface area contributed by atoms with Crippen molar-refractivity contribution in [3.63, 3.8) is 0 Å². The van der Waals surface area contributed by atoms with Crippen LogP contribution in [-0.2, 0) is 4.74 Å². The minimum atomic E-state index is -0.346. The summed E-state index contributed by atoms with van der Waals surface area (Å²) in [4.78, 5) is 15.9. The maximum atomic E-state index is 11.5. The molecule has 0 saturated heterocycles. The van der Waals surface area contributed by atoms with Crippen molar-refractivity contribution in [1.82, 2.24) is 0 Å². The molecule has 0 aromatic heterocycles. The summed E-state index contributed by atoms with van der Waals surface area (Å²) in [6.45, 7) is 2.11. The number of aliphatic imine (C=N–C) groups is 1. The molecule has 0 radical (unpaired) electrons. The minimum Gasteiger partial charge on any atom is -0.504 e. The molecule has 2 aromatic carbocycles. The van der Waals surface area contributed by atoms with Crippen molar-refractivity contribution < 1.29 is 19.4 Å². The van der Waals surface area contributed by atoms with Crippen molar-refractivity contribution in [2.75, 3.05) is 13.7 Å². The number of esters is 1. The van der Waals surface area contributed by atoms with Gasteiger partial charge in [0, 0.05) is 6.21 Å². The summed E-state index contributed by atoms with van der Waals surface area (Å²) >= 11 is 0. The van der Waals surface area contributed by atoms with Gasteiger partial charge in [-0.05, 0) is 55.0 Å². The van der Waals surface area contributed by atoms with Crippen molar-refractivity contribution in [1.29, 1.82) is 0 Å². The monoisotopic (exact) mass is 299 g/mol. The van der Waals surface area contributed by atoms with Gasteiger partial charge < -0.3 is 14.6 Å². The van der Waals surface area contributed by atoms with E-state index in [4.69, 9.17) is 9.47 Å². The van der Waals surface area contributed by atoms with E-state index < -0.39 is 0 Å². The van der Waals surface area contributed by atoms with E-state index in [0.717, 1.165) is 5.56 Å². The van der Waals surface area contributed by atoms with Gasteiger partial charge in [-0.25, -0.2) is 4.79 Å². The van der Waals surface area contributed by atoms with Crippen LogP contribution in [0.1, 0.15) is 22.8 Å². The summed E-state index contributed by atoms with van der Waals surface area (Å²) in [5.74, 6) is 0.126. The van der Waals surface area contributed by atoms with Crippen LogP contribution in [0.3, 0.4) is 0 Å². The topological polar surface area (TPSA) is 68.1 Å². The van der Waals surface area contributed by atoms with Crippen molar-refractivity contribution >= 4 is 17.9 Å². The first-order valence-corrected chi connectivity index (χ1v) is 6.82. The Morgan fingerprint density at radius 1 is 1.23 bits per heavy atom. The largest absolute Gasteiger partial charge is 0.504 e. The Morgan fingerprint density at radius 2 is 1.95 bits per heavy atom.